The predicted octanol–water partition coefficient (Wildman–Crippen LogP) is 0.703. The molecule has 0 bridgehead atoms. The summed E-state index contributed by atoms with van der Waals surface area (Å²) < 4.78 is 23.0. The van der Waals surface area contributed by atoms with Crippen molar-refractivity contribution in [3.63, 3.8) is 0 Å². The summed E-state index contributed by atoms with van der Waals surface area (Å²) in [5, 5.41) is 12.4. The van der Waals surface area contributed by atoms with E-state index in [0.29, 0.717) is 13.0 Å². The average molecular weight is 249 g/mol. The van der Waals surface area contributed by atoms with Crippen LogP contribution < -0.4 is 5.32 Å². The zero-order chi connectivity index (χ0) is 12.2. The Morgan fingerprint density at radius 1 is 1.44 bits per heavy atom. The summed E-state index contributed by atoms with van der Waals surface area (Å²) in [6.45, 7) is 2.64. The van der Waals surface area contributed by atoms with E-state index in [1.54, 1.807) is 0 Å². The number of hydrogen-bond acceptors (Lipinski definition) is 4. The molecule has 2 N–H and O–H groups in total. The third kappa shape index (κ3) is 4.03. The monoisotopic (exact) mass is 249 g/mol. The zero-order valence-electron chi connectivity index (χ0n) is 10.1. The first kappa shape index (κ1) is 13.9. The molecule has 1 fully saturated rings. The van der Waals surface area contributed by atoms with E-state index in [2.05, 4.69) is 5.32 Å². The van der Waals surface area contributed by atoms with Crippen molar-refractivity contribution >= 4 is 9.84 Å². The Labute approximate surface area is 98.4 Å². The number of aliphatic hydroxyl groups excluding tert-OH is 1. The van der Waals surface area contributed by atoms with E-state index in [-0.39, 0.29) is 17.4 Å². The van der Waals surface area contributed by atoms with Gasteiger partial charge < -0.3 is 10.4 Å². The summed E-state index contributed by atoms with van der Waals surface area (Å²) >= 11 is 0. The molecule has 1 saturated carbocycles. The zero-order valence-corrected chi connectivity index (χ0v) is 11.0. The SMILES string of the molecule is CCC(O)CCNC1CCCC1S(C)(=O)=O. The van der Waals surface area contributed by atoms with E-state index >= 15 is 0 Å². The van der Waals surface area contributed by atoms with Crippen molar-refractivity contribution in [2.75, 3.05) is 12.8 Å². The van der Waals surface area contributed by atoms with Crippen LogP contribution in [0.5, 0.6) is 0 Å². The van der Waals surface area contributed by atoms with E-state index in [1.165, 1.54) is 6.26 Å². The van der Waals surface area contributed by atoms with Crippen LogP contribution in [-0.2, 0) is 9.84 Å². The highest BCUT2D eigenvalue weighted by Gasteiger charge is 2.34. The van der Waals surface area contributed by atoms with Gasteiger partial charge in [0.25, 0.3) is 0 Å². The molecule has 96 valence electrons. The minimum atomic E-state index is -2.93. The summed E-state index contributed by atoms with van der Waals surface area (Å²) in [6.07, 6.45) is 5.17. The van der Waals surface area contributed by atoms with E-state index in [0.717, 1.165) is 25.7 Å². The Bertz CT molecular complexity index is 302. The van der Waals surface area contributed by atoms with E-state index in [9.17, 15) is 13.5 Å². The van der Waals surface area contributed by atoms with Gasteiger partial charge in [-0.15, -0.1) is 0 Å². The van der Waals surface area contributed by atoms with Crippen LogP contribution in [0.2, 0.25) is 0 Å². The second-order valence-corrected chi connectivity index (χ2v) is 6.97. The van der Waals surface area contributed by atoms with E-state index < -0.39 is 9.84 Å². The fraction of sp³-hybridized carbons (Fsp3) is 1.00. The molecule has 1 aliphatic rings. The molecule has 0 radical (unpaired) electrons. The summed E-state index contributed by atoms with van der Waals surface area (Å²) in [5.74, 6) is 0. The lowest BCUT2D eigenvalue weighted by Gasteiger charge is -2.20. The molecule has 1 rings (SSSR count). The van der Waals surface area contributed by atoms with Gasteiger partial charge in [-0.2, -0.15) is 0 Å². The van der Waals surface area contributed by atoms with Crippen molar-refractivity contribution in [2.24, 2.45) is 0 Å². The molecule has 0 aromatic heterocycles. The third-order valence-corrected chi connectivity index (χ3v) is 5.02. The maximum Gasteiger partial charge on any atom is 0.151 e. The molecule has 0 amide bonds. The van der Waals surface area contributed by atoms with Crippen LogP contribution in [0.4, 0.5) is 0 Å². The molecule has 4 nitrogen and oxygen atoms in total. The number of rotatable bonds is 6. The van der Waals surface area contributed by atoms with E-state index in [1.807, 2.05) is 6.92 Å². The normalized spacial score (nSPS) is 28.2. The van der Waals surface area contributed by atoms with Crippen LogP contribution in [0.1, 0.15) is 39.0 Å². The number of aliphatic hydroxyl groups is 1. The predicted molar refractivity (Wildman–Crippen MR) is 65.2 cm³/mol. The average Bonchev–Trinajstić information content (AvgIpc) is 2.65. The van der Waals surface area contributed by atoms with Crippen LogP contribution in [-0.4, -0.2) is 43.7 Å². The lowest BCUT2D eigenvalue weighted by atomic mass is 10.2. The minimum Gasteiger partial charge on any atom is -0.393 e. The highest BCUT2D eigenvalue weighted by atomic mass is 32.2. The highest BCUT2D eigenvalue weighted by Crippen LogP contribution is 2.24. The third-order valence-electron chi connectivity index (χ3n) is 3.36. The first-order valence-electron chi connectivity index (χ1n) is 6.05. The molecule has 3 atom stereocenters. The Hall–Kier alpha value is -0.130. The van der Waals surface area contributed by atoms with Crippen LogP contribution in [0.15, 0.2) is 0 Å². The molecule has 0 aliphatic heterocycles. The van der Waals surface area contributed by atoms with Gasteiger partial charge in [-0.25, -0.2) is 8.42 Å². The highest BCUT2D eigenvalue weighted by molar-refractivity contribution is 7.91. The standard InChI is InChI=1S/C11H23NO3S/c1-3-9(13)7-8-12-10-5-4-6-11(10)16(2,14)15/h9-13H,3-8H2,1-2H3. The minimum absolute atomic E-state index is 0.0825. The Kier molecular flexibility index (Phi) is 5.21. The summed E-state index contributed by atoms with van der Waals surface area (Å²) in [7, 11) is -2.93. The molecule has 0 heterocycles. The van der Waals surface area contributed by atoms with Crippen molar-refractivity contribution in [1.82, 2.24) is 5.32 Å². The van der Waals surface area contributed by atoms with Gasteiger partial charge in [0.05, 0.1) is 11.4 Å². The lowest BCUT2D eigenvalue weighted by molar-refractivity contribution is 0.158. The van der Waals surface area contributed by atoms with Gasteiger partial charge in [0, 0.05) is 12.3 Å². The van der Waals surface area contributed by atoms with Gasteiger partial charge >= 0.3 is 0 Å². The van der Waals surface area contributed by atoms with E-state index in [4.69, 9.17) is 0 Å². The van der Waals surface area contributed by atoms with Gasteiger partial charge in [0.15, 0.2) is 9.84 Å². The fourth-order valence-corrected chi connectivity index (χ4v) is 3.74. The number of nitrogens with one attached hydrogen (secondary N) is 1. The second kappa shape index (κ2) is 5.98. The van der Waals surface area contributed by atoms with Crippen molar-refractivity contribution in [2.45, 2.75) is 56.4 Å². The molecule has 0 aromatic carbocycles. The lowest BCUT2D eigenvalue weighted by Crippen LogP contribution is -2.41. The van der Waals surface area contributed by atoms with Gasteiger partial charge in [-0.3, -0.25) is 0 Å². The van der Waals surface area contributed by atoms with Gasteiger partial charge in [-0.05, 0) is 32.2 Å². The fourth-order valence-electron chi connectivity index (χ4n) is 2.31. The van der Waals surface area contributed by atoms with Crippen molar-refractivity contribution < 1.29 is 13.5 Å². The largest absolute Gasteiger partial charge is 0.393 e. The van der Waals surface area contributed by atoms with Gasteiger partial charge in [0.2, 0.25) is 0 Å². The molecular weight excluding hydrogens is 226 g/mol. The van der Waals surface area contributed by atoms with Crippen LogP contribution in [0.25, 0.3) is 0 Å². The second-order valence-electron chi connectivity index (χ2n) is 4.71. The van der Waals surface area contributed by atoms with Crippen LogP contribution >= 0.6 is 0 Å². The van der Waals surface area contributed by atoms with Crippen molar-refractivity contribution in [1.29, 1.82) is 0 Å². The van der Waals surface area contributed by atoms with Crippen LogP contribution in [0.3, 0.4) is 0 Å². The molecule has 3 unspecified atom stereocenters. The maximum absolute atomic E-state index is 11.5. The number of hydrogen-bond donors (Lipinski definition) is 2. The molecule has 1 aliphatic carbocycles. The Balaban J connectivity index is 2.36. The topological polar surface area (TPSA) is 66.4 Å². The first-order valence-corrected chi connectivity index (χ1v) is 8.01. The molecular formula is C11H23NO3S. The molecule has 0 saturated heterocycles. The first-order chi connectivity index (χ1) is 7.45. The number of sulfone groups is 1. The molecule has 0 spiro atoms. The summed E-state index contributed by atoms with van der Waals surface area (Å²) in [4.78, 5) is 0. The van der Waals surface area contributed by atoms with Gasteiger partial charge in [0.1, 0.15) is 0 Å². The summed E-state index contributed by atoms with van der Waals surface area (Å²) in [5.41, 5.74) is 0. The maximum atomic E-state index is 11.5. The van der Waals surface area contributed by atoms with Crippen LogP contribution in [0, 0.1) is 0 Å². The molecule has 0 aromatic rings. The Morgan fingerprint density at radius 3 is 2.69 bits per heavy atom. The smallest absolute Gasteiger partial charge is 0.151 e. The molecule has 16 heavy (non-hydrogen) atoms. The quantitative estimate of drug-likeness (QED) is 0.727. The summed E-state index contributed by atoms with van der Waals surface area (Å²) in [6, 6.07) is 0.0825. The Morgan fingerprint density at radius 2 is 2.12 bits per heavy atom. The van der Waals surface area contributed by atoms with Crippen molar-refractivity contribution in [3.8, 4) is 0 Å². The van der Waals surface area contributed by atoms with Crippen molar-refractivity contribution in [3.05, 3.63) is 0 Å². The van der Waals surface area contributed by atoms with Gasteiger partial charge in [-0.1, -0.05) is 13.3 Å². The molecule has 5 heteroatoms.